The molecule has 1 aromatic carbocycles. The Morgan fingerprint density at radius 1 is 1.50 bits per heavy atom. The maximum absolute atomic E-state index is 12.2. The quantitative estimate of drug-likeness (QED) is 0.730. The maximum atomic E-state index is 12.2. The van der Waals surface area contributed by atoms with Gasteiger partial charge >= 0.3 is 0 Å². The molecule has 0 saturated heterocycles. The molecule has 0 aliphatic heterocycles. The summed E-state index contributed by atoms with van der Waals surface area (Å²) in [5, 5.41) is 8.80. The van der Waals surface area contributed by atoms with E-state index in [4.69, 9.17) is 5.11 Å². The molecule has 2 heteroatoms. The first-order valence-electron chi connectivity index (χ1n) is 3.86. The summed E-state index contributed by atoms with van der Waals surface area (Å²) in [6.07, 6.45) is 0. The van der Waals surface area contributed by atoms with Crippen LogP contribution < -0.4 is 0 Å². The van der Waals surface area contributed by atoms with E-state index in [0.717, 1.165) is 11.1 Å². The number of rotatable bonds is 3. The third kappa shape index (κ3) is 2.05. The van der Waals surface area contributed by atoms with Crippen LogP contribution in [0.4, 0.5) is 4.39 Å². The Morgan fingerprint density at radius 3 is 2.83 bits per heavy atom. The van der Waals surface area contributed by atoms with E-state index in [2.05, 4.69) is 6.92 Å². The van der Waals surface area contributed by atoms with Crippen LogP contribution >= 0.6 is 0 Å². The molecule has 0 spiro atoms. The number of aliphatic hydroxyl groups is 1. The van der Waals surface area contributed by atoms with Gasteiger partial charge in [-0.05, 0) is 18.1 Å². The molecular formula is C10H12FO. The van der Waals surface area contributed by atoms with E-state index in [9.17, 15) is 4.39 Å². The van der Waals surface area contributed by atoms with Gasteiger partial charge in [0.25, 0.3) is 0 Å². The van der Waals surface area contributed by atoms with Crippen LogP contribution in [0.25, 0.3) is 0 Å². The molecule has 0 aliphatic rings. The van der Waals surface area contributed by atoms with E-state index in [1.54, 1.807) is 18.2 Å². The number of halogens is 1. The van der Waals surface area contributed by atoms with Crippen molar-refractivity contribution >= 4 is 0 Å². The molecule has 0 aliphatic carbocycles. The van der Waals surface area contributed by atoms with Crippen LogP contribution in [0.5, 0.6) is 0 Å². The molecule has 0 amide bonds. The van der Waals surface area contributed by atoms with E-state index in [-0.39, 0.29) is 12.5 Å². The lowest BCUT2D eigenvalue weighted by Crippen LogP contribution is -1.96. The minimum absolute atomic E-state index is 0.00710. The standard InChI is InChI=1S/C10H12FO/c1-8(6-11)10-4-2-3-9(5-10)7-12/h2-5,8,12H,1,6-7H2. The molecular weight excluding hydrogens is 155 g/mol. The first-order chi connectivity index (χ1) is 5.77. The molecule has 12 heavy (non-hydrogen) atoms. The van der Waals surface area contributed by atoms with Gasteiger partial charge in [-0.3, -0.25) is 4.39 Å². The average molecular weight is 167 g/mol. The summed E-state index contributed by atoms with van der Waals surface area (Å²) >= 11 is 0. The van der Waals surface area contributed by atoms with Crippen LogP contribution in [0.15, 0.2) is 24.3 Å². The third-order valence-electron chi connectivity index (χ3n) is 1.79. The predicted octanol–water partition coefficient (Wildman–Crippen LogP) is 2.07. The number of aliphatic hydroxyl groups excluding tert-OH is 1. The van der Waals surface area contributed by atoms with Gasteiger partial charge in [-0.2, -0.15) is 0 Å². The van der Waals surface area contributed by atoms with Crippen molar-refractivity contribution in [3.05, 3.63) is 42.3 Å². The fourth-order valence-corrected chi connectivity index (χ4v) is 1.03. The third-order valence-corrected chi connectivity index (χ3v) is 1.79. The molecule has 0 aromatic heterocycles. The highest BCUT2D eigenvalue weighted by molar-refractivity contribution is 5.26. The molecule has 1 rings (SSSR count). The second kappa shape index (κ2) is 4.21. The zero-order valence-corrected chi connectivity index (χ0v) is 6.83. The van der Waals surface area contributed by atoms with Gasteiger partial charge in [0.05, 0.1) is 13.3 Å². The zero-order valence-electron chi connectivity index (χ0n) is 6.83. The topological polar surface area (TPSA) is 20.2 Å². The second-order valence-electron chi connectivity index (χ2n) is 2.75. The van der Waals surface area contributed by atoms with Crippen LogP contribution in [0.2, 0.25) is 0 Å². The van der Waals surface area contributed by atoms with Gasteiger partial charge in [-0.1, -0.05) is 24.3 Å². The highest BCUT2D eigenvalue weighted by Crippen LogP contribution is 2.16. The molecule has 1 radical (unpaired) electrons. The van der Waals surface area contributed by atoms with Crippen molar-refractivity contribution in [1.29, 1.82) is 0 Å². The van der Waals surface area contributed by atoms with Gasteiger partial charge in [-0.25, -0.2) is 0 Å². The van der Waals surface area contributed by atoms with Gasteiger partial charge in [0.2, 0.25) is 0 Å². The normalized spacial score (nSPS) is 12.9. The van der Waals surface area contributed by atoms with Crippen LogP contribution in [0.1, 0.15) is 17.0 Å². The van der Waals surface area contributed by atoms with E-state index < -0.39 is 6.67 Å². The molecule has 1 unspecified atom stereocenters. The average Bonchev–Trinajstić information content (AvgIpc) is 2.17. The molecule has 1 N–H and O–H groups in total. The Hall–Kier alpha value is -0.890. The number of benzene rings is 1. The molecule has 1 atom stereocenters. The highest BCUT2D eigenvalue weighted by Gasteiger charge is 2.04. The largest absolute Gasteiger partial charge is 0.392 e. The molecule has 1 aromatic rings. The fraction of sp³-hybridized carbons (Fsp3) is 0.300. The van der Waals surface area contributed by atoms with Crippen LogP contribution in [-0.4, -0.2) is 11.8 Å². The van der Waals surface area contributed by atoms with Gasteiger partial charge in [0.15, 0.2) is 0 Å². The first-order valence-corrected chi connectivity index (χ1v) is 3.86. The van der Waals surface area contributed by atoms with Crippen LogP contribution in [0, 0.1) is 6.92 Å². The van der Waals surface area contributed by atoms with Crippen LogP contribution in [0.3, 0.4) is 0 Å². The Bertz CT molecular complexity index is 247. The van der Waals surface area contributed by atoms with E-state index in [1.807, 2.05) is 6.07 Å². The maximum Gasteiger partial charge on any atom is 0.0962 e. The second-order valence-corrected chi connectivity index (χ2v) is 2.75. The summed E-state index contributed by atoms with van der Waals surface area (Å²) in [5.74, 6) is -0.323. The van der Waals surface area contributed by atoms with Crippen molar-refractivity contribution in [1.82, 2.24) is 0 Å². The Morgan fingerprint density at radius 2 is 2.25 bits per heavy atom. The molecule has 1 nitrogen and oxygen atoms in total. The van der Waals surface area contributed by atoms with E-state index in [0.29, 0.717) is 0 Å². The minimum Gasteiger partial charge on any atom is -0.392 e. The number of hydrogen-bond donors (Lipinski definition) is 1. The molecule has 65 valence electrons. The summed E-state index contributed by atoms with van der Waals surface area (Å²) < 4.78 is 12.2. The van der Waals surface area contributed by atoms with Gasteiger partial charge in [0.1, 0.15) is 0 Å². The van der Waals surface area contributed by atoms with Gasteiger partial charge in [-0.15, -0.1) is 0 Å². The molecule has 0 bridgehead atoms. The smallest absolute Gasteiger partial charge is 0.0962 e. The summed E-state index contributed by atoms with van der Waals surface area (Å²) in [4.78, 5) is 0. The van der Waals surface area contributed by atoms with Crippen molar-refractivity contribution in [3.63, 3.8) is 0 Å². The molecule has 0 heterocycles. The van der Waals surface area contributed by atoms with E-state index >= 15 is 0 Å². The Labute approximate surface area is 71.9 Å². The summed E-state index contributed by atoms with van der Waals surface area (Å²) in [5.41, 5.74) is 1.64. The van der Waals surface area contributed by atoms with Crippen molar-refractivity contribution in [3.8, 4) is 0 Å². The van der Waals surface area contributed by atoms with Crippen molar-refractivity contribution in [2.24, 2.45) is 0 Å². The zero-order chi connectivity index (χ0) is 8.97. The fourth-order valence-electron chi connectivity index (χ4n) is 1.03. The minimum atomic E-state index is -0.463. The number of hydrogen-bond acceptors (Lipinski definition) is 1. The predicted molar refractivity (Wildman–Crippen MR) is 46.4 cm³/mol. The lowest BCUT2D eigenvalue weighted by atomic mass is 10.0. The highest BCUT2D eigenvalue weighted by atomic mass is 19.1. The van der Waals surface area contributed by atoms with E-state index in [1.165, 1.54) is 0 Å². The Kier molecular flexibility index (Phi) is 3.23. The van der Waals surface area contributed by atoms with Crippen molar-refractivity contribution in [2.75, 3.05) is 6.67 Å². The monoisotopic (exact) mass is 167 g/mol. The van der Waals surface area contributed by atoms with Crippen LogP contribution in [-0.2, 0) is 6.61 Å². The Balaban J connectivity index is 2.86. The molecule has 0 fully saturated rings. The number of alkyl halides is 1. The molecule has 0 saturated carbocycles. The first kappa shape index (κ1) is 9.20. The summed E-state index contributed by atoms with van der Waals surface area (Å²) in [6.45, 7) is 3.18. The van der Waals surface area contributed by atoms with Crippen molar-refractivity contribution < 1.29 is 9.50 Å². The lowest BCUT2D eigenvalue weighted by Gasteiger charge is -2.07. The van der Waals surface area contributed by atoms with Gasteiger partial charge in [0, 0.05) is 5.92 Å². The lowest BCUT2D eigenvalue weighted by molar-refractivity contribution is 0.281. The van der Waals surface area contributed by atoms with Crippen molar-refractivity contribution in [2.45, 2.75) is 12.5 Å². The summed E-state index contributed by atoms with van der Waals surface area (Å²) in [6, 6.07) is 7.19. The van der Waals surface area contributed by atoms with Gasteiger partial charge < -0.3 is 5.11 Å². The summed E-state index contributed by atoms with van der Waals surface area (Å²) in [7, 11) is 0. The SMILES string of the molecule is [CH2]C(CF)c1cccc(CO)c1.